The summed E-state index contributed by atoms with van der Waals surface area (Å²) in [6.45, 7) is 6.21. The van der Waals surface area contributed by atoms with Gasteiger partial charge in [0.25, 0.3) is 0 Å². The number of aliphatic imine (C=N–C) groups is 1. The normalized spacial score (nSPS) is 30.0. The van der Waals surface area contributed by atoms with Crippen LogP contribution < -0.4 is 5.73 Å². The van der Waals surface area contributed by atoms with Gasteiger partial charge in [-0.25, -0.2) is 0 Å². The molecule has 0 spiro atoms. The first-order valence-electron chi connectivity index (χ1n) is 3.50. The molecule has 2 heteroatoms. The lowest BCUT2D eigenvalue weighted by molar-refractivity contribution is 0.449. The first-order chi connectivity index (χ1) is 4.54. The lowest BCUT2D eigenvalue weighted by Crippen LogP contribution is -2.40. The number of nitrogens with two attached hydrogens (primary N) is 1. The van der Waals surface area contributed by atoms with E-state index in [1.54, 1.807) is 0 Å². The van der Waals surface area contributed by atoms with Crippen LogP contribution in [-0.2, 0) is 0 Å². The Labute approximate surface area is 61.8 Å². The summed E-state index contributed by atoms with van der Waals surface area (Å²) in [7, 11) is 0. The van der Waals surface area contributed by atoms with Crippen molar-refractivity contribution in [1.29, 1.82) is 0 Å². The minimum Gasteiger partial charge on any atom is -0.323 e. The molecule has 1 heterocycles. The molecule has 0 saturated carbocycles. The van der Waals surface area contributed by atoms with Gasteiger partial charge >= 0.3 is 0 Å². The molecule has 0 saturated heterocycles. The number of rotatable bonds is 0. The molecular formula is C8H14N2. The van der Waals surface area contributed by atoms with Gasteiger partial charge in [-0.3, -0.25) is 4.99 Å². The van der Waals surface area contributed by atoms with Gasteiger partial charge in [-0.05, 0) is 12.5 Å². The van der Waals surface area contributed by atoms with Gasteiger partial charge in [0.2, 0.25) is 0 Å². The van der Waals surface area contributed by atoms with Crippen molar-refractivity contribution in [3.8, 4) is 0 Å². The van der Waals surface area contributed by atoms with Crippen molar-refractivity contribution in [3.63, 3.8) is 0 Å². The number of hydrogen-bond acceptors (Lipinski definition) is 2. The van der Waals surface area contributed by atoms with E-state index in [4.69, 9.17) is 5.73 Å². The van der Waals surface area contributed by atoms with Gasteiger partial charge in [0.15, 0.2) is 0 Å². The summed E-state index contributed by atoms with van der Waals surface area (Å²) in [4.78, 5) is 4.09. The molecule has 56 valence electrons. The predicted molar refractivity (Wildman–Crippen MR) is 44.0 cm³/mol. The molecule has 0 aromatic rings. The molecule has 1 unspecified atom stereocenters. The number of hydrogen-bond donors (Lipinski definition) is 1. The average molecular weight is 138 g/mol. The molecule has 0 bridgehead atoms. The fourth-order valence-electron chi connectivity index (χ4n) is 1.09. The molecule has 1 aliphatic rings. The first kappa shape index (κ1) is 7.48. The summed E-state index contributed by atoms with van der Waals surface area (Å²) in [6, 6.07) is 0.130. The molecule has 1 atom stereocenters. The van der Waals surface area contributed by atoms with Gasteiger partial charge in [-0.1, -0.05) is 13.8 Å². The summed E-state index contributed by atoms with van der Waals surface area (Å²) in [5.41, 5.74) is 7.08. The second-order valence-corrected chi connectivity index (χ2v) is 3.45. The van der Waals surface area contributed by atoms with E-state index in [-0.39, 0.29) is 11.5 Å². The van der Waals surface area contributed by atoms with Gasteiger partial charge in [-0.2, -0.15) is 0 Å². The second kappa shape index (κ2) is 2.20. The van der Waals surface area contributed by atoms with Crippen molar-refractivity contribution in [3.05, 3.63) is 11.8 Å². The minimum atomic E-state index is 0.0266. The summed E-state index contributed by atoms with van der Waals surface area (Å²) >= 11 is 0. The van der Waals surface area contributed by atoms with E-state index in [2.05, 4.69) is 18.8 Å². The SMILES string of the molecule is CC1=CN=CC(C)(C)C1N. The van der Waals surface area contributed by atoms with Crippen LogP contribution in [-0.4, -0.2) is 12.3 Å². The zero-order valence-electron chi connectivity index (χ0n) is 6.76. The molecule has 0 fully saturated rings. The summed E-state index contributed by atoms with van der Waals surface area (Å²) in [5.74, 6) is 0. The monoisotopic (exact) mass is 138 g/mol. The molecule has 0 aliphatic carbocycles. The zero-order valence-corrected chi connectivity index (χ0v) is 6.76. The molecule has 1 rings (SSSR count). The van der Waals surface area contributed by atoms with E-state index in [0.717, 1.165) is 5.57 Å². The highest BCUT2D eigenvalue weighted by Gasteiger charge is 2.27. The third-order valence-corrected chi connectivity index (χ3v) is 1.98. The lowest BCUT2D eigenvalue weighted by atomic mass is 9.81. The van der Waals surface area contributed by atoms with Crippen LogP contribution in [0.1, 0.15) is 20.8 Å². The Morgan fingerprint density at radius 2 is 2.20 bits per heavy atom. The van der Waals surface area contributed by atoms with E-state index in [1.165, 1.54) is 0 Å². The highest BCUT2D eigenvalue weighted by atomic mass is 14.8. The van der Waals surface area contributed by atoms with E-state index < -0.39 is 0 Å². The highest BCUT2D eigenvalue weighted by molar-refractivity contribution is 5.69. The molecule has 0 amide bonds. The third kappa shape index (κ3) is 1.12. The first-order valence-corrected chi connectivity index (χ1v) is 3.50. The van der Waals surface area contributed by atoms with Gasteiger partial charge in [-0.15, -0.1) is 0 Å². The van der Waals surface area contributed by atoms with E-state index >= 15 is 0 Å². The third-order valence-electron chi connectivity index (χ3n) is 1.98. The average Bonchev–Trinajstić information content (AvgIpc) is 1.83. The van der Waals surface area contributed by atoms with Crippen LogP contribution >= 0.6 is 0 Å². The molecule has 2 nitrogen and oxygen atoms in total. The molecular weight excluding hydrogens is 124 g/mol. The molecule has 0 radical (unpaired) electrons. The Kier molecular flexibility index (Phi) is 1.65. The van der Waals surface area contributed by atoms with Crippen molar-refractivity contribution < 1.29 is 0 Å². The van der Waals surface area contributed by atoms with E-state index in [1.807, 2.05) is 19.3 Å². The second-order valence-electron chi connectivity index (χ2n) is 3.45. The van der Waals surface area contributed by atoms with Crippen molar-refractivity contribution in [2.24, 2.45) is 16.1 Å². The quantitative estimate of drug-likeness (QED) is 0.538. The maximum atomic E-state index is 5.90. The molecule has 10 heavy (non-hydrogen) atoms. The van der Waals surface area contributed by atoms with Gasteiger partial charge in [0, 0.05) is 23.9 Å². The molecule has 2 N–H and O–H groups in total. The van der Waals surface area contributed by atoms with Crippen LogP contribution in [0.4, 0.5) is 0 Å². The van der Waals surface area contributed by atoms with Crippen LogP contribution in [0.3, 0.4) is 0 Å². The Morgan fingerprint density at radius 3 is 2.60 bits per heavy atom. The van der Waals surface area contributed by atoms with Gasteiger partial charge in [0.05, 0.1) is 0 Å². The highest BCUT2D eigenvalue weighted by Crippen LogP contribution is 2.24. The van der Waals surface area contributed by atoms with E-state index in [9.17, 15) is 0 Å². The summed E-state index contributed by atoms with van der Waals surface area (Å²) < 4.78 is 0. The van der Waals surface area contributed by atoms with Crippen molar-refractivity contribution >= 4 is 6.21 Å². The molecule has 0 aromatic heterocycles. The smallest absolute Gasteiger partial charge is 0.0371 e. The zero-order chi connectivity index (χ0) is 7.78. The maximum absolute atomic E-state index is 5.90. The van der Waals surface area contributed by atoms with Crippen molar-refractivity contribution in [2.75, 3.05) is 0 Å². The van der Waals surface area contributed by atoms with Crippen LogP contribution in [0.2, 0.25) is 0 Å². The Morgan fingerprint density at radius 1 is 1.60 bits per heavy atom. The Bertz CT molecular complexity index is 189. The topological polar surface area (TPSA) is 38.4 Å². The molecule has 0 aromatic carbocycles. The van der Waals surface area contributed by atoms with Crippen LogP contribution in [0, 0.1) is 5.41 Å². The van der Waals surface area contributed by atoms with Crippen molar-refractivity contribution in [1.82, 2.24) is 0 Å². The fourth-order valence-corrected chi connectivity index (χ4v) is 1.09. The lowest BCUT2D eigenvalue weighted by Gasteiger charge is -2.30. The van der Waals surface area contributed by atoms with Crippen LogP contribution in [0.25, 0.3) is 0 Å². The summed E-state index contributed by atoms with van der Waals surface area (Å²) in [5, 5.41) is 0. The minimum absolute atomic E-state index is 0.0266. The Hall–Kier alpha value is -0.630. The summed E-state index contributed by atoms with van der Waals surface area (Å²) in [6.07, 6.45) is 3.74. The predicted octanol–water partition coefficient (Wildman–Crippen LogP) is 1.33. The molecule has 1 aliphatic heterocycles. The van der Waals surface area contributed by atoms with Gasteiger partial charge < -0.3 is 5.73 Å². The van der Waals surface area contributed by atoms with Crippen LogP contribution in [0.5, 0.6) is 0 Å². The standard InChI is InChI=1S/C8H14N2/c1-6-4-10-5-8(2,3)7(6)9/h4-5,7H,9H2,1-3H3. The van der Waals surface area contributed by atoms with E-state index in [0.29, 0.717) is 0 Å². The maximum Gasteiger partial charge on any atom is 0.0371 e. The Balaban J connectivity index is 2.89. The van der Waals surface area contributed by atoms with Crippen molar-refractivity contribution in [2.45, 2.75) is 26.8 Å². The van der Waals surface area contributed by atoms with Crippen LogP contribution in [0.15, 0.2) is 16.8 Å². The van der Waals surface area contributed by atoms with Gasteiger partial charge in [0.1, 0.15) is 0 Å². The number of nitrogens with zero attached hydrogens (tertiary/aromatic N) is 1. The fraction of sp³-hybridized carbons (Fsp3) is 0.625. The largest absolute Gasteiger partial charge is 0.323 e.